The average Bonchev–Trinajstić information content (AvgIpc) is 2.66. The molecule has 17 heavy (non-hydrogen) atoms. The molecule has 0 aliphatic heterocycles. The Hall–Kier alpha value is -0.710. The molecular weight excluding hydrogens is 254 g/mol. The summed E-state index contributed by atoms with van der Waals surface area (Å²) in [6.07, 6.45) is 1.19. The van der Waals surface area contributed by atoms with Gasteiger partial charge in [-0.05, 0) is 39.2 Å². The predicted molar refractivity (Wildman–Crippen MR) is 77.2 cm³/mol. The minimum absolute atomic E-state index is 0. The molecular formula is C12H18ClN3S. The summed E-state index contributed by atoms with van der Waals surface area (Å²) in [5, 5.41) is 1.03. The summed E-state index contributed by atoms with van der Waals surface area (Å²) in [6.45, 7) is 1.13. The molecule has 0 unspecified atom stereocenters. The Kier molecular flexibility index (Phi) is 5.82. The van der Waals surface area contributed by atoms with Gasteiger partial charge < -0.3 is 9.88 Å². The Morgan fingerprint density at radius 3 is 2.76 bits per heavy atom. The van der Waals surface area contributed by atoms with E-state index in [1.807, 2.05) is 18.2 Å². The predicted octanol–water partition coefficient (Wildman–Crippen LogP) is 3.03. The summed E-state index contributed by atoms with van der Waals surface area (Å²) >= 11 is 1.79. The highest BCUT2D eigenvalue weighted by Crippen LogP contribution is 2.19. The van der Waals surface area contributed by atoms with Gasteiger partial charge in [0.25, 0.3) is 0 Å². The maximum Gasteiger partial charge on any atom is 0.166 e. The molecule has 0 aliphatic carbocycles. The molecule has 0 amide bonds. The second-order valence-electron chi connectivity index (χ2n) is 4.06. The third-order valence-corrected chi connectivity index (χ3v) is 3.32. The van der Waals surface area contributed by atoms with Gasteiger partial charge >= 0.3 is 0 Å². The Morgan fingerprint density at radius 1 is 1.29 bits per heavy atom. The largest absolute Gasteiger partial charge is 0.333 e. The molecule has 0 fully saturated rings. The molecule has 0 atom stereocenters. The van der Waals surface area contributed by atoms with Crippen molar-refractivity contribution in [2.75, 3.05) is 26.4 Å². The van der Waals surface area contributed by atoms with E-state index < -0.39 is 0 Å². The van der Waals surface area contributed by atoms with E-state index in [0.717, 1.165) is 28.5 Å². The van der Waals surface area contributed by atoms with Crippen LogP contribution in [0.1, 0.15) is 6.42 Å². The number of aromatic amines is 1. The van der Waals surface area contributed by atoms with E-state index >= 15 is 0 Å². The van der Waals surface area contributed by atoms with E-state index in [4.69, 9.17) is 0 Å². The second kappa shape index (κ2) is 6.89. The zero-order valence-electron chi connectivity index (χ0n) is 10.1. The number of hydrogen-bond acceptors (Lipinski definition) is 3. The maximum absolute atomic E-state index is 4.52. The number of nitrogens with zero attached hydrogens (tertiary/aromatic N) is 2. The van der Waals surface area contributed by atoms with Crippen molar-refractivity contribution < 1.29 is 0 Å². The number of benzene rings is 1. The van der Waals surface area contributed by atoms with Crippen LogP contribution in [0.4, 0.5) is 0 Å². The summed E-state index contributed by atoms with van der Waals surface area (Å²) < 4.78 is 0. The van der Waals surface area contributed by atoms with Crippen LogP contribution < -0.4 is 0 Å². The molecule has 94 valence electrons. The molecule has 1 aromatic carbocycles. The summed E-state index contributed by atoms with van der Waals surface area (Å²) in [7, 11) is 4.21. The Morgan fingerprint density at radius 2 is 2.06 bits per heavy atom. The lowest BCUT2D eigenvalue weighted by Gasteiger charge is -2.07. The molecule has 0 saturated carbocycles. The van der Waals surface area contributed by atoms with Crippen LogP contribution in [0.2, 0.25) is 0 Å². The number of rotatable bonds is 5. The van der Waals surface area contributed by atoms with Crippen molar-refractivity contribution in [1.29, 1.82) is 0 Å². The monoisotopic (exact) mass is 271 g/mol. The number of hydrogen-bond donors (Lipinski definition) is 1. The van der Waals surface area contributed by atoms with Crippen molar-refractivity contribution in [3.63, 3.8) is 0 Å². The number of H-pyrrole nitrogens is 1. The molecule has 1 aromatic heterocycles. The van der Waals surface area contributed by atoms with Crippen LogP contribution in [0.5, 0.6) is 0 Å². The van der Waals surface area contributed by atoms with Gasteiger partial charge in [0.15, 0.2) is 5.16 Å². The van der Waals surface area contributed by atoms with Crippen molar-refractivity contribution in [2.45, 2.75) is 11.6 Å². The first-order chi connectivity index (χ1) is 7.75. The van der Waals surface area contributed by atoms with Crippen molar-refractivity contribution >= 4 is 35.2 Å². The third-order valence-electron chi connectivity index (χ3n) is 2.36. The number of fused-ring (bicyclic) bond motifs is 1. The molecule has 2 aromatic rings. The van der Waals surface area contributed by atoms with Crippen molar-refractivity contribution in [1.82, 2.24) is 14.9 Å². The number of halogens is 1. The Labute approximate surface area is 112 Å². The van der Waals surface area contributed by atoms with Crippen molar-refractivity contribution in [2.24, 2.45) is 0 Å². The van der Waals surface area contributed by atoms with Gasteiger partial charge in [0, 0.05) is 5.75 Å². The fourth-order valence-corrected chi connectivity index (χ4v) is 2.36. The first-order valence-electron chi connectivity index (χ1n) is 5.48. The fraction of sp³-hybridized carbons (Fsp3) is 0.417. The number of thioether (sulfide) groups is 1. The minimum atomic E-state index is 0. The van der Waals surface area contributed by atoms with E-state index in [1.165, 1.54) is 6.42 Å². The van der Waals surface area contributed by atoms with Gasteiger partial charge in [-0.15, -0.1) is 12.4 Å². The molecule has 5 heteroatoms. The Balaban J connectivity index is 0.00000144. The molecule has 0 aliphatic rings. The smallest absolute Gasteiger partial charge is 0.166 e. The SMILES string of the molecule is CN(C)CCCSc1nc2ccccc2[nH]1.Cl. The Bertz CT molecular complexity index is 423. The van der Waals surface area contributed by atoms with Crippen LogP contribution in [0.25, 0.3) is 11.0 Å². The summed E-state index contributed by atoms with van der Waals surface area (Å²) in [4.78, 5) is 10.1. The highest BCUT2D eigenvalue weighted by atomic mass is 35.5. The summed E-state index contributed by atoms with van der Waals surface area (Å²) in [5.74, 6) is 1.11. The summed E-state index contributed by atoms with van der Waals surface area (Å²) in [6, 6.07) is 8.15. The zero-order valence-corrected chi connectivity index (χ0v) is 11.8. The van der Waals surface area contributed by atoms with Gasteiger partial charge in [0.05, 0.1) is 11.0 Å². The summed E-state index contributed by atoms with van der Waals surface area (Å²) in [5.41, 5.74) is 2.18. The van der Waals surface area contributed by atoms with Crippen LogP contribution in [0.15, 0.2) is 29.4 Å². The minimum Gasteiger partial charge on any atom is -0.333 e. The standard InChI is InChI=1S/C12H17N3S.ClH/c1-15(2)8-5-9-16-12-13-10-6-3-4-7-11(10)14-12;/h3-4,6-7H,5,8-9H2,1-2H3,(H,13,14);1H. The molecule has 1 N–H and O–H groups in total. The van der Waals surface area contributed by atoms with Crippen LogP contribution in [-0.4, -0.2) is 41.3 Å². The van der Waals surface area contributed by atoms with Gasteiger partial charge in [0.2, 0.25) is 0 Å². The number of nitrogens with one attached hydrogen (secondary N) is 1. The first kappa shape index (κ1) is 14.4. The van der Waals surface area contributed by atoms with Gasteiger partial charge in [-0.25, -0.2) is 4.98 Å². The lowest BCUT2D eigenvalue weighted by atomic mass is 10.3. The molecule has 0 radical (unpaired) electrons. The quantitative estimate of drug-likeness (QED) is 0.670. The van der Waals surface area contributed by atoms with Crippen LogP contribution in [-0.2, 0) is 0 Å². The normalized spacial score (nSPS) is 10.8. The highest BCUT2D eigenvalue weighted by molar-refractivity contribution is 7.99. The van der Waals surface area contributed by atoms with Gasteiger partial charge in [0.1, 0.15) is 0 Å². The zero-order chi connectivity index (χ0) is 11.4. The average molecular weight is 272 g/mol. The fourth-order valence-electron chi connectivity index (χ4n) is 1.55. The number of imidazole rings is 1. The van der Waals surface area contributed by atoms with E-state index in [2.05, 4.69) is 35.0 Å². The molecule has 0 saturated heterocycles. The molecule has 0 spiro atoms. The number of para-hydroxylation sites is 2. The van der Waals surface area contributed by atoms with Crippen molar-refractivity contribution in [3.05, 3.63) is 24.3 Å². The van der Waals surface area contributed by atoms with E-state index in [9.17, 15) is 0 Å². The van der Waals surface area contributed by atoms with Crippen LogP contribution in [0, 0.1) is 0 Å². The molecule has 0 bridgehead atoms. The van der Waals surface area contributed by atoms with Gasteiger partial charge in [-0.1, -0.05) is 23.9 Å². The second-order valence-corrected chi connectivity index (χ2v) is 5.15. The molecule has 3 nitrogen and oxygen atoms in total. The number of aromatic nitrogens is 2. The third kappa shape index (κ3) is 4.22. The molecule has 2 rings (SSSR count). The topological polar surface area (TPSA) is 31.9 Å². The lowest BCUT2D eigenvalue weighted by molar-refractivity contribution is 0.410. The van der Waals surface area contributed by atoms with Crippen LogP contribution in [0.3, 0.4) is 0 Å². The highest BCUT2D eigenvalue weighted by Gasteiger charge is 2.01. The van der Waals surface area contributed by atoms with E-state index in [1.54, 1.807) is 11.8 Å². The molecule has 1 heterocycles. The van der Waals surface area contributed by atoms with Crippen molar-refractivity contribution in [3.8, 4) is 0 Å². The maximum atomic E-state index is 4.52. The first-order valence-corrected chi connectivity index (χ1v) is 6.46. The van der Waals surface area contributed by atoms with E-state index in [-0.39, 0.29) is 12.4 Å². The lowest BCUT2D eigenvalue weighted by Crippen LogP contribution is -2.13. The van der Waals surface area contributed by atoms with Crippen LogP contribution >= 0.6 is 24.2 Å². The van der Waals surface area contributed by atoms with Gasteiger partial charge in [-0.3, -0.25) is 0 Å². The van der Waals surface area contributed by atoms with Gasteiger partial charge in [-0.2, -0.15) is 0 Å². The van der Waals surface area contributed by atoms with E-state index in [0.29, 0.717) is 0 Å².